The van der Waals surface area contributed by atoms with Gasteiger partial charge in [-0.15, -0.1) is 10.2 Å². The van der Waals surface area contributed by atoms with Crippen LogP contribution in [0.15, 0.2) is 18.2 Å². The van der Waals surface area contributed by atoms with E-state index in [0.29, 0.717) is 10.6 Å². The number of aryl methyl sites for hydroxylation is 1. The van der Waals surface area contributed by atoms with Crippen molar-refractivity contribution in [3.63, 3.8) is 0 Å². The normalized spacial score (nSPS) is 11.9. The molecule has 3 nitrogen and oxygen atoms in total. The van der Waals surface area contributed by atoms with Crippen molar-refractivity contribution in [3.05, 3.63) is 34.8 Å². The molecule has 2 aromatic rings. The van der Waals surface area contributed by atoms with E-state index in [0.717, 1.165) is 36.5 Å². The second kappa shape index (κ2) is 6.58. The van der Waals surface area contributed by atoms with Gasteiger partial charge in [0.2, 0.25) is 0 Å². The Labute approximate surface area is 127 Å². The Morgan fingerprint density at radius 2 is 1.90 bits per heavy atom. The molecule has 21 heavy (non-hydrogen) atoms. The van der Waals surface area contributed by atoms with Gasteiger partial charge < -0.3 is 5.32 Å². The second-order valence-electron chi connectivity index (χ2n) is 5.91. The average Bonchev–Trinajstić information content (AvgIpc) is 2.86. The molecular formula is C15H19F2N3S. The Kier molecular flexibility index (Phi) is 5.00. The van der Waals surface area contributed by atoms with Crippen LogP contribution in [0, 0.1) is 11.6 Å². The minimum Gasteiger partial charge on any atom is -0.312 e. The predicted octanol–water partition coefficient (Wildman–Crippen LogP) is 3.80. The Bertz CT molecular complexity index is 605. The van der Waals surface area contributed by atoms with Gasteiger partial charge in [0.25, 0.3) is 0 Å². The van der Waals surface area contributed by atoms with Gasteiger partial charge in [-0.1, -0.05) is 11.3 Å². The van der Waals surface area contributed by atoms with Crippen LogP contribution < -0.4 is 5.32 Å². The minimum atomic E-state index is -0.862. The molecule has 0 unspecified atom stereocenters. The fraction of sp³-hybridized carbons (Fsp3) is 0.467. The van der Waals surface area contributed by atoms with Crippen molar-refractivity contribution < 1.29 is 8.78 Å². The van der Waals surface area contributed by atoms with E-state index in [9.17, 15) is 8.78 Å². The molecule has 0 atom stereocenters. The molecule has 0 aliphatic rings. The molecule has 0 saturated carbocycles. The SMILES string of the molecule is CC(C)(C)NCCCc1nnc(-c2ccc(F)c(F)c2)s1. The lowest BCUT2D eigenvalue weighted by molar-refractivity contribution is 0.422. The van der Waals surface area contributed by atoms with Gasteiger partial charge in [-0.3, -0.25) is 0 Å². The van der Waals surface area contributed by atoms with Gasteiger partial charge in [0, 0.05) is 17.5 Å². The van der Waals surface area contributed by atoms with E-state index in [2.05, 4.69) is 36.3 Å². The number of hydrogen-bond donors (Lipinski definition) is 1. The lowest BCUT2D eigenvalue weighted by Gasteiger charge is -2.20. The predicted molar refractivity (Wildman–Crippen MR) is 81.3 cm³/mol. The Morgan fingerprint density at radius 3 is 2.57 bits per heavy atom. The van der Waals surface area contributed by atoms with Crippen molar-refractivity contribution in [2.24, 2.45) is 0 Å². The zero-order chi connectivity index (χ0) is 15.5. The summed E-state index contributed by atoms with van der Waals surface area (Å²) in [6.45, 7) is 7.28. The summed E-state index contributed by atoms with van der Waals surface area (Å²) in [5.41, 5.74) is 0.670. The monoisotopic (exact) mass is 311 g/mol. The molecular weight excluding hydrogens is 292 g/mol. The van der Waals surface area contributed by atoms with Gasteiger partial charge in [0.15, 0.2) is 11.6 Å². The number of halogens is 2. The van der Waals surface area contributed by atoms with Gasteiger partial charge in [0.05, 0.1) is 0 Å². The summed E-state index contributed by atoms with van der Waals surface area (Å²) in [5, 5.41) is 13.1. The van der Waals surface area contributed by atoms with Gasteiger partial charge in [-0.05, 0) is 51.9 Å². The van der Waals surface area contributed by atoms with Crippen LogP contribution in [0.25, 0.3) is 10.6 Å². The maximum absolute atomic E-state index is 13.2. The van der Waals surface area contributed by atoms with Crippen LogP contribution in [0.1, 0.15) is 32.2 Å². The zero-order valence-electron chi connectivity index (χ0n) is 12.4. The van der Waals surface area contributed by atoms with Gasteiger partial charge in [0.1, 0.15) is 10.0 Å². The van der Waals surface area contributed by atoms with Gasteiger partial charge in [-0.25, -0.2) is 8.78 Å². The first-order valence-corrected chi connectivity index (χ1v) is 7.70. The van der Waals surface area contributed by atoms with E-state index in [-0.39, 0.29) is 5.54 Å². The second-order valence-corrected chi connectivity index (χ2v) is 6.97. The minimum absolute atomic E-state index is 0.109. The smallest absolute Gasteiger partial charge is 0.159 e. The third-order valence-corrected chi connectivity index (χ3v) is 3.89. The molecule has 0 bridgehead atoms. The van der Waals surface area contributed by atoms with E-state index >= 15 is 0 Å². The molecule has 0 aliphatic carbocycles. The molecule has 6 heteroatoms. The van der Waals surface area contributed by atoms with Crippen molar-refractivity contribution in [2.75, 3.05) is 6.54 Å². The molecule has 0 fully saturated rings. The zero-order valence-corrected chi connectivity index (χ0v) is 13.2. The summed E-state index contributed by atoms with van der Waals surface area (Å²) in [6, 6.07) is 3.78. The fourth-order valence-corrected chi connectivity index (χ4v) is 2.68. The van der Waals surface area contributed by atoms with E-state index < -0.39 is 11.6 Å². The first kappa shape index (κ1) is 16.0. The summed E-state index contributed by atoms with van der Waals surface area (Å²) in [5.74, 6) is -1.71. The third kappa shape index (κ3) is 4.82. The van der Waals surface area contributed by atoms with Crippen molar-refractivity contribution in [3.8, 4) is 10.6 Å². The Balaban J connectivity index is 1.93. The lowest BCUT2D eigenvalue weighted by atomic mass is 10.1. The van der Waals surface area contributed by atoms with Crippen LogP contribution in [-0.2, 0) is 6.42 Å². The average molecular weight is 311 g/mol. The Hall–Kier alpha value is -1.40. The summed E-state index contributed by atoms with van der Waals surface area (Å²) < 4.78 is 26.1. The quantitative estimate of drug-likeness (QED) is 0.853. The molecule has 1 N–H and O–H groups in total. The molecule has 0 spiro atoms. The molecule has 0 aliphatic heterocycles. The fourth-order valence-electron chi connectivity index (χ4n) is 1.80. The number of benzene rings is 1. The van der Waals surface area contributed by atoms with Crippen molar-refractivity contribution >= 4 is 11.3 Å². The topological polar surface area (TPSA) is 37.8 Å². The highest BCUT2D eigenvalue weighted by molar-refractivity contribution is 7.14. The van der Waals surface area contributed by atoms with Crippen LogP contribution >= 0.6 is 11.3 Å². The molecule has 1 aromatic carbocycles. The van der Waals surface area contributed by atoms with Crippen LogP contribution in [0.2, 0.25) is 0 Å². The number of rotatable bonds is 5. The van der Waals surface area contributed by atoms with Crippen LogP contribution in [-0.4, -0.2) is 22.3 Å². The number of aromatic nitrogens is 2. The van der Waals surface area contributed by atoms with Crippen LogP contribution in [0.4, 0.5) is 8.78 Å². The highest BCUT2D eigenvalue weighted by Crippen LogP contribution is 2.25. The molecule has 2 rings (SSSR count). The lowest BCUT2D eigenvalue weighted by Crippen LogP contribution is -2.36. The molecule has 0 saturated heterocycles. The molecule has 1 aromatic heterocycles. The van der Waals surface area contributed by atoms with E-state index in [1.165, 1.54) is 17.4 Å². The maximum Gasteiger partial charge on any atom is 0.159 e. The molecule has 114 valence electrons. The van der Waals surface area contributed by atoms with E-state index in [1.807, 2.05) is 0 Å². The van der Waals surface area contributed by atoms with Crippen molar-refractivity contribution in [1.82, 2.24) is 15.5 Å². The molecule has 0 amide bonds. The third-order valence-electron chi connectivity index (χ3n) is 2.86. The van der Waals surface area contributed by atoms with E-state index in [4.69, 9.17) is 0 Å². The first-order valence-electron chi connectivity index (χ1n) is 6.88. The summed E-state index contributed by atoms with van der Waals surface area (Å²) in [7, 11) is 0. The number of hydrogen-bond acceptors (Lipinski definition) is 4. The Morgan fingerprint density at radius 1 is 1.14 bits per heavy atom. The van der Waals surface area contributed by atoms with Crippen LogP contribution in [0.5, 0.6) is 0 Å². The highest BCUT2D eigenvalue weighted by Gasteiger charge is 2.11. The number of nitrogens with zero attached hydrogens (tertiary/aromatic N) is 2. The van der Waals surface area contributed by atoms with Crippen LogP contribution in [0.3, 0.4) is 0 Å². The molecule has 1 heterocycles. The van der Waals surface area contributed by atoms with E-state index in [1.54, 1.807) is 0 Å². The van der Waals surface area contributed by atoms with Crippen molar-refractivity contribution in [1.29, 1.82) is 0 Å². The maximum atomic E-state index is 13.2. The number of nitrogens with one attached hydrogen (secondary N) is 1. The summed E-state index contributed by atoms with van der Waals surface area (Å²) in [4.78, 5) is 0. The highest BCUT2D eigenvalue weighted by atomic mass is 32.1. The summed E-state index contributed by atoms with van der Waals surface area (Å²) in [6.07, 6.45) is 1.79. The standard InChI is InChI=1S/C15H19F2N3S/c1-15(2,3)18-8-4-5-13-19-20-14(21-13)10-6-7-11(16)12(17)9-10/h6-7,9,18H,4-5,8H2,1-3H3. The van der Waals surface area contributed by atoms with Crippen molar-refractivity contribution in [2.45, 2.75) is 39.2 Å². The largest absolute Gasteiger partial charge is 0.312 e. The summed E-state index contributed by atoms with van der Waals surface area (Å²) >= 11 is 1.42. The van der Waals surface area contributed by atoms with Gasteiger partial charge >= 0.3 is 0 Å². The van der Waals surface area contributed by atoms with Gasteiger partial charge in [-0.2, -0.15) is 0 Å². The first-order chi connectivity index (χ1) is 9.85. The molecule has 0 radical (unpaired) electrons.